The number of rotatable bonds is 4. The summed E-state index contributed by atoms with van der Waals surface area (Å²) in [5.41, 5.74) is 2.89. The summed E-state index contributed by atoms with van der Waals surface area (Å²) in [7, 11) is 0. The number of nitrogens with zero attached hydrogens (tertiary/aromatic N) is 3. The predicted molar refractivity (Wildman–Crippen MR) is 82.6 cm³/mol. The smallest absolute Gasteiger partial charge is 0.123 e. The molecular formula is C17H14FN3O. The number of hydrogen-bond donors (Lipinski definition) is 1. The van der Waals surface area contributed by atoms with Crippen LogP contribution in [-0.2, 0) is 6.61 Å². The fourth-order valence-corrected chi connectivity index (χ4v) is 2.11. The Hall–Kier alpha value is -2.79. The minimum absolute atomic E-state index is 0.198. The third-order valence-electron chi connectivity index (χ3n) is 3.23. The minimum Gasteiger partial charge on any atom is -0.390 e. The first-order valence-corrected chi connectivity index (χ1v) is 6.82. The van der Waals surface area contributed by atoms with E-state index in [0.717, 1.165) is 11.3 Å². The van der Waals surface area contributed by atoms with E-state index in [0.29, 0.717) is 11.4 Å². The molecule has 0 amide bonds. The average Bonchev–Trinajstić information content (AvgIpc) is 2.98. The van der Waals surface area contributed by atoms with Gasteiger partial charge in [-0.15, -0.1) is 5.10 Å². The summed E-state index contributed by atoms with van der Waals surface area (Å²) >= 11 is 0. The van der Waals surface area contributed by atoms with Crippen molar-refractivity contribution in [1.29, 1.82) is 0 Å². The molecule has 110 valence electrons. The molecule has 3 rings (SSSR count). The number of para-hydroxylation sites is 1. The number of aromatic nitrogens is 3. The predicted octanol–water partition coefficient (Wildman–Crippen LogP) is 3.07. The number of aliphatic hydroxyl groups excluding tert-OH is 1. The summed E-state index contributed by atoms with van der Waals surface area (Å²) in [5, 5.41) is 17.5. The summed E-state index contributed by atoms with van der Waals surface area (Å²) in [5.74, 6) is -0.274. The summed E-state index contributed by atoms with van der Waals surface area (Å²) in [6.45, 7) is -0.198. The van der Waals surface area contributed by atoms with E-state index in [1.807, 2.05) is 42.5 Å². The zero-order valence-corrected chi connectivity index (χ0v) is 11.7. The lowest BCUT2D eigenvalue weighted by atomic mass is 10.2. The van der Waals surface area contributed by atoms with E-state index >= 15 is 0 Å². The number of hydrogen-bond acceptors (Lipinski definition) is 3. The molecule has 2 aromatic carbocycles. The normalized spacial score (nSPS) is 11.2. The van der Waals surface area contributed by atoms with E-state index in [9.17, 15) is 9.50 Å². The van der Waals surface area contributed by atoms with Crippen molar-refractivity contribution < 1.29 is 9.50 Å². The van der Waals surface area contributed by atoms with Crippen LogP contribution in [0, 0.1) is 5.82 Å². The van der Waals surface area contributed by atoms with Crippen molar-refractivity contribution in [3.05, 3.63) is 77.4 Å². The number of benzene rings is 2. The zero-order valence-electron chi connectivity index (χ0n) is 11.7. The molecule has 0 unspecified atom stereocenters. The maximum Gasteiger partial charge on any atom is 0.123 e. The van der Waals surface area contributed by atoms with Crippen LogP contribution in [0.25, 0.3) is 17.8 Å². The Morgan fingerprint density at radius 2 is 1.73 bits per heavy atom. The van der Waals surface area contributed by atoms with Crippen molar-refractivity contribution in [2.24, 2.45) is 0 Å². The molecule has 1 N–H and O–H groups in total. The van der Waals surface area contributed by atoms with Gasteiger partial charge in [0.15, 0.2) is 0 Å². The first-order chi connectivity index (χ1) is 10.8. The lowest BCUT2D eigenvalue weighted by molar-refractivity contribution is 0.276. The fraction of sp³-hybridized carbons (Fsp3) is 0.0588. The molecule has 0 saturated carbocycles. The second-order valence-electron chi connectivity index (χ2n) is 4.71. The molecule has 3 aromatic rings. The van der Waals surface area contributed by atoms with E-state index < -0.39 is 0 Å². The molecule has 22 heavy (non-hydrogen) atoms. The number of aliphatic hydroxyl groups is 1. The molecular weight excluding hydrogens is 281 g/mol. The fourth-order valence-electron chi connectivity index (χ4n) is 2.11. The van der Waals surface area contributed by atoms with E-state index in [1.165, 1.54) is 12.1 Å². The monoisotopic (exact) mass is 295 g/mol. The van der Waals surface area contributed by atoms with Gasteiger partial charge in [-0.05, 0) is 35.9 Å². The summed E-state index contributed by atoms with van der Waals surface area (Å²) in [6.07, 6.45) is 3.64. The molecule has 0 aliphatic rings. The van der Waals surface area contributed by atoms with Crippen LogP contribution in [0.5, 0.6) is 0 Å². The van der Waals surface area contributed by atoms with Crippen molar-refractivity contribution >= 4 is 12.2 Å². The first-order valence-electron chi connectivity index (χ1n) is 6.82. The van der Waals surface area contributed by atoms with Gasteiger partial charge in [-0.2, -0.15) is 0 Å². The Kier molecular flexibility index (Phi) is 4.07. The van der Waals surface area contributed by atoms with E-state index in [1.54, 1.807) is 16.8 Å². The third-order valence-corrected chi connectivity index (χ3v) is 3.23. The molecule has 1 aromatic heterocycles. The third kappa shape index (κ3) is 2.94. The molecule has 0 aliphatic carbocycles. The molecule has 0 aliphatic heterocycles. The van der Waals surface area contributed by atoms with Crippen LogP contribution in [0.3, 0.4) is 0 Å². The highest BCUT2D eigenvalue weighted by Gasteiger charge is 2.10. The van der Waals surface area contributed by atoms with Crippen LogP contribution < -0.4 is 0 Å². The molecule has 0 saturated heterocycles. The van der Waals surface area contributed by atoms with E-state index in [4.69, 9.17) is 0 Å². The van der Waals surface area contributed by atoms with Gasteiger partial charge < -0.3 is 5.11 Å². The van der Waals surface area contributed by atoms with Crippen LogP contribution in [0.2, 0.25) is 0 Å². The Balaban J connectivity index is 1.98. The highest BCUT2D eigenvalue weighted by molar-refractivity contribution is 5.69. The van der Waals surface area contributed by atoms with Crippen LogP contribution in [0.4, 0.5) is 4.39 Å². The quantitative estimate of drug-likeness (QED) is 0.804. The van der Waals surface area contributed by atoms with Gasteiger partial charge >= 0.3 is 0 Å². The molecule has 1 heterocycles. The maximum atomic E-state index is 12.9. The zero-order chi connectivity index (χ0) is 15.4. The maximum absolute atomic E-state index is 12.9. The van der Waals surface area contributed by atoms with Crippen LogP contribution in [-0.4, -0.2) is 20.1 Å². The van der Waals surface area contributed by atoms with Crippen LogP contribution in [0.1, 0.15) is 17.0 Å². The summed E-state index contributed by atoms with van der Waals surface area (Å²) in [4.78, 5) is 0. The Labute approximate surface area is 127 Å². The highest BCUT2D eigenvalue weighted by Crippen LogP contribution is 2.16. The SMILES string of the molecule is OCc1nnn(-c2ccccc2)c1/C=C/c1ccc(F)cc1. The van der Waals surface area contributed by atoms with Gasteiger partial charge in [0.05, 0.1) is 18.0 Å². The second kappa shape index (κ2) is 6.32. The highest BCUT2D eigenvalue weighted by atomic mass is 19.1. The van der Waals surface area contributed by atoms with Gasteiger partial charge in [-0.25, -0.2) is 9.07 Å². The van der Waals surface area contributed by atoms with Crippen LogP contribution >= 0.6 is 0 Å². The van der Waals surface area contributed by atoms with Gasteiger partial charge in [0, 0.05) is 0 Å². The second-order valence-corrected chi connectivity index (χ2v) is 4.71. The standard InChI is InChI=1S/C17H14FN3O/c18-14-9-6-13(7-10-14)8-11-17-16(12-22)19-20-21(17)15-4-2-1-3-5-15/h1-11,22H,12H2/b11-8+. The lowest BCUT2D eigenvalue weighted by Gasteiger charge is -2.03. The minimum atomic E-state index is -0.274. The van der Waals surface area contributed by atoms with Crippen molar-refractivity contribution in [2.45, 2.75) is 6.61 Å². The summed E-state index contributed by atoms with van der Waals surface area (Å²) in [6, 6.07) is 15.7. The Morgan fingerprint density at radius 3 is 2.41 bits per heavy atom. The average molecular weight is 295 g/mol. The van der Waals surface area contributed by atoms with Crippen molar-refractivity contribution in [2.75, 3.05) is 0 Å². The summed E-state index contributed by atoms with van der Waals surface area (Å²) < 4.78 is 14.6. The molecule has 4 nitrogen and oxygen atoms in total. The molecule has 5 heteroatoms. The first kappa shape index (κ1) is 14.2. The van der Waals surface area contributed by atoms with Gasteiger partial charge in [0.25, 0.3) is 0 Å². The van der Waals surface area contributed by atoms with Crippen molar-refractivity contribution in [1.82, 2.24) is 15.0 Å². The van der Waals surface area contributed by atoms with Gasteiger partial charge in [0.1, 0.15) is 11.5 Å². The van der Waals surface area contributed by atoms with Crippen molar-refractivity contribution in [3.8, 4) is 5.69 Å². The lowest BCUT2D eigenvalue weighted by Crippen LogP contribution is -1.99. The Morgan fingerprint density at radius 1 is 1.00 bits per heavy atom. The van der Waals surface area contributed by atoms with Gasteiger partial charge in [-0.3, -0.25) is 0 Å². The van der Waals surface area contributed by atoms with Crippen LogP contribution in [0.15, 0.2) is 54.6 Å². The molecule has 0 bridgehead atoms. The molecule has 0 radical (unpaired) electrons. The van der Waals surface area contributed by atoms with Gasteiger partial charge in [-0.1, -0.05) is 41.6 Å². The molecule has 0 atom stereocenters. The van der Waals surface area contributed by atoms with Crippen molar-refractivity contribution in [3.63, 3.8) is 0 Å². The molecule has 0 fully saturated rings. The van der Waals surface area contributed by atoms with E-state index in [-0.39, 0.29) is 12.4 Å². The topological polar surface area (TPSA) is 50.9 Å². The Bertz CT molecular complexity index is 779. The molecule has 0 spiro atoms. The van der Waals surface area contributed by atoms with Gasteiger partial charge in [0.2, 0.25) is 0 Å². The van der Waals surface area contributed by atoms with E-state index in [2.05, 4.69) is 10.3 Å². The number of halogens is 1. The largest absolute Gasteiger partial charge is 0.390 e.